The second-order valence-corrected chi connectivity index (χ2v) is 3.99. The molecule has 0 unspecified atom stereocenters. The number of aliphatic carboxylic acids is 1. The van der Waals surface area contributed by atoms with Gasteiger partial charge in [0, 0.05) is 6.54 Å². The van der Waals surface area contributed by atoms with Crippen molar-refractivity contribution in [2.24, 2.45) is 5.92 Å². The number of nitrogens with one attached hydrogen (secondary N) is 1. The first-order valence-electron chi connectivity index (χ1n) is 5.31. The Morgan fingerprint density at radius 2 is 2.14 bits per heavy atom. The summed E-state index contributed by atoms with van der Waals surface area (Å²) >= 11 is 0. The molecule has 0 atom stereocenters. The molecule has 1 heterocycles. The minimum atomic E-state index is -0.692. The van der Waals surface area contributed by atoms with Crippen LogP contribution in [0.3, 0.4) is 0 Å². The van der Waals surface area contributed by atoms with E-state index in [1.165, 1.54) is 12.8 Å². The lowest BCUT2D eigenvalue weighted by atomic mass is 9.97. The van der Waals surface area contributed by atoms with Crippen LogP contribution in [0.1, 0.15) is 19.3 Å². The molecular formula is C10H20N2O2. The van der Waals surface area contributed by atoms with E-state index in [-0.39, 0.29) is 6.42 Å². The van der Waals surface area contributed by atoms with Gasteiger partial charge in [0.2, 0.25) is 0 Å². The lowest BCUT2D eigenvalue weighted by Crippen LogP contribution is -2.37. The number of carboxylic acid groups (broad SMARTS) is 1. The molecule has 0 saturated carbocycles. The first-order valence-corrected chi connectivity index (χ1v) is 5.31. The Balaban J connectivity index is 2.12. The molecule has 0 spiro atoms. The summed E-state index contributed by atoms with van der Waals surface area (Å²) in [4.78, 5) is 12.6. The summed E-state index contributed by atoms with van der Waals surface area (Å²) < 4.78 is 0. The molecule has 0 aromatic rings. The van der Waals surface area contributed by atoms with Crippen molar-refractivity contribution in [3.8, 4) is 0 Å². The van der Waals surface area contributed by atoms with Crippen LogP contribution >= 0.6 is 0 Å². The van der Waals surface area contributed by atoms with Gasteiger partial charge in [0.15, 0.2) is 0 Å². The molecule has 0 bridgehead atoms. The zero-order valence-corrected chi connectivity index (χ0v) is 8.83. The number of likely N-dealkylation sites (tertiary alicyclic amines) is 1. The van der Waals surface area contributed by atoms with Gasteiger partial charge in [-0.15, -0.1) is 0 Å². The average Bonchev–Trinajstić information content (AvgIpc) is 2.17. The highest BCUT2D eigenvalue weighted by molar-refractivity contribution is 5.66. The number of carboxylic acids is 1. The van der Waals surface area contributed by atoms with Crippen molar-refractivity contribution in [3.63, 3.8) is 0 Å². The smallest absolute Gasteiger partial charge is 0.304 e. The van der Waals surface area contributed by atoms with Crippen LogP contribution in [0.4, 0.5) is 0 Å². The van der Waals surface area contributed by atoms with Crippen molar-refractivity contribution in [2.75, 3.05) is 33.2 Å². The fourth-order valence-electron chi connectivity index (χ4n) is 1.96. The average molecular weight is 200 g/mol. The van der Waals surface area contributed by atoms with Gasteiger partial charge in [0.1, 0.15) is 0 Å². The number of piperidine rings is 1. The van der Waals surface area contributed by atoms with E-state index in [9.17, 15) is 4.79 Å². The Bertz CT molecular complexity index is 177. The zero-order chi connectivity index (χ0) is 10.4. The quantitative estimate of drug-likeness (QED) is 0.674. The molecule has 2 N–H and O–H groups in total. The molecule has 0 aromatic heterocycles. The monoisotopic (exact) mass is 200 g/mol. The van der Waals surface area contributed by atoms with Crippen molar-refractivity contribution < 1.29 is 9.90 Å². The number of rotatable bonds is 5. The van der Waals surface area contributed by atoms with Crippen LogP contribution in [0.5, 0.6) is 0 Å². The van der Waals surface area contributed by atoms with Crippen LogP contribution in [-0.4, -0.2) is 49.2 Å². The Kier molecular flexibility index (Phi) is 4.90. The minimum absolute atomic E-state index is 0.274. The molecule has 0 aliphatic carbocycles. The van der Waals surface area contributed by atoms with Gasteiger partial charge in [-0.1, -0.05) is 0 Å². The number of hydrogen-bond donors (Lipinski definition) is 2. The predicted octanol–water partition coefficient (Wildman–Crippen LogP) is 0.393. The molecule has 1 saturated heterocycles. The Morgan fingerprint density at radius 3 is 2.64 bits per heavy atom. The highest BCUT2D eigenvalue weighted by Gasteiger charge is 2.18. The second-order valence-electron chi connectivity index (χ2n) is 3.99. The minimum Gasteiger partial charge on any atom is -0.481 e. The molecule has 0 amide bonds. The Morgan fingerprint density at radius 1 is 1.50 bits per heavy atom. The summed E-state index contributed by atoms with van der Waals surface area (Å²) in [5, 5.41) is 11.7. The van der Waals surface area contributed by atoms with Gasteiger partial charge < -0.3 is 15.3 Å². The van der Waals surface area contributed by atoms with Gasteiger partial charge in [-0.3, -0.25) is 4.79 Å². The van der Waals surface area contributed by atoms with Crippen molar-refractivity contribution in [1.82, 2.24) is 10.2 Å². The largest absolute Gasteiger partial charge is 0.481 e. The normalized spacial score (nSPS) is 19.8. The maximum absolute atomic E-state index is 10.4. The van der Waals surface area contributed by atoms with Crippen molar-refractivity contribution in [3.05, 3.63) is 0 Å². The molecular weight excluding hydrogens is 180 g/mol. The number of nitrogens with zero attached hydrogens (tertiary/aromatic N) is 1. The van der Waals surface area contributed by atoms with E-state index in [1.807, 2.05) is 7.05 Å². The molecule has 14 heavy (non-hydrogen) atoms. The summed E-state index contributed by atoms with van der Waals surface area (Å²) in [5.74, 6) is 0.0865. The van der Waals surface area contributed by atoms with Crippen LogP contribution in [-0.2, 0) is 4.79 Å². The third-order valence-electron chi connectivity index (χ3n) is 2.84. The van der Waals surface area contributed by atoms with Crippen LogP contribution in [0.2, 0.25) is 0 Å². The SMILES string of the molecule is CNCC1CCN(CCC(=O)O)CC1. The molecule has 1 rings (SSSR count). The fraction of sp³-hybridized carbons (Fsp3) is 0.900. The van der Waals surface area contributed by atoms with Gasteiger partial charge in [0.25, 0.3) is 0 Å². The van der Waals surface area contributed by atoms with Crippen molar-refractivity contribution in [2.45, 2.75) is 19.3 Å². The Hall–Kier alpha value is -0.610. The molecule has 4 heteroatoms. The second kappa shape index (κ2) is 5.98. The summed E-state index contributed by atoms with van der Waals surface area (Å²) in [5.41, 5.74) is 0. The summed E-state index contributed by atoms with van der Waals surface area (Å²) in [6.07, 6.45) is 2.66. The van der Waals surface area contributed by atoms with Crippen molar-refractivity contribution >= 4 is 5.97 Å². The van der Waals surface area contributed by atoms with E-state index >= 15 is 0 Å². The number of carbonyl (C=O) groups is 1. The lowest BCUT2D eigenvalue weighted by Gasteiger charge is -2.31. The highest BCUT2D eigenvalue weighted by Crippen LogP contribution is 2.16. The predicted molar refractivity (Wildman–Crippen MR) is 55.3 cm³/mol. The summed E-state index contributed by atoms with van der Waals surface area (Å²) in [7, 11) is 1.98. The maximum Gasteiger partial charge on any atom is 0.304 e. The Labute approximate surface area is 85.3 Å². The van der Waals surface area contributed by atoms with Gasteiger partial charge >= 0.3 is 5.97 Å². The highest BCUT2D eigenvalue weighted by atomic mass is 16.4. The van der Waals surface area contributed by atoms with Crippen LogP contribution < -0.4 is 5.32 Å². The van der Waals surface area contributed by atoms with E-state index in [2.05, 4.69) is 10.2 Å². The summed E-state index contributed by atoms with van der Waals surface area (Å²) in [6, 6.07) is 0. The third kappa shape index (κ3) is 4.07. The molecule has 0 radical (unpaired) electrons. The maximum atomic E-state index is 10.4. The van der Waals surface area contributed by atoms with Crippen LogP contribution in [0, 0.1) is 5.92 Å². The van der Waals surface area contributed by atoms with Crippen LogP contribution in [0.25, 0.3) is 0 Å². The van der Waals surface area contributed by atoms with E-state index in [1.54, 1.807) is 0 Å². The molecule has 1 aliphatic heterocycles. The molecule has 1 fully saturated rings. The molecule has 82 valence electrons. The standard InChI is InChI=1S/C10H20N2O2/c1-11-8-9-2-5-12(6-3-9)7-4-10(13)14/h9,11H,2-8H2,1H3,(H,13,14). The van der Waals surface area contributed by atoms with E-state index in [4.69, 9.17) is 5.11 Å². The van der Waals surface area contributed by atoms with Gasteiger partial charge in [-0.25, -0.2) is 0 Å². The zero-order valence-electron chi connectivity index (χ0n) is 8.83. The molecule has 1 aliphatic rings. The van der Waals surface area contributed by atoms with E-state index in [0.717, 1.165) is 25.6 Å². The third-order valence-corrected chi connectivity index (χ3v) is 2.84. The topological polar surface area (TPSA) is 52.6 Å². The fourth-order valence-corrected chi connectivity index (χ4v) is 1.96. The van der Waals surface area contributed by atoms with Crippen molar-refractivity contribution in [1.29, 1.82) is 0 Å². The summed E-state index contributed by atoms with van der Waals surface area (Å²) in [6.45, 7) is 3.91. The van der Waals surface area contributed by atoms with Gasteiger partial charge in [0.05, 0.1) is 6.42 Å². The van der Waals surface area contributed by atoms with Gasteiger partial charge in [-0.2, -0.15) is 0 Å². The van der Waals surface area contributed by atoms with E-state index in [0.29, 0.717) is 6.54 Å². The molecule has 0 aromatic carbocycles. The first-order chi connectivity index (χ1) is 6.72. The van der Waals surface area contributed by atoms with E-state index < -0.39 is 5.97 Å². The lowest BCUT2D eigenvalue weighted by molar-refractivity contribution is -0.137. The first kappa shape index (κ1) is 11.5. The molecule has 4 nitrogen and oxygen atoms in total. The van der Waals surface area contributed by atoms with Gasteiger partial charge in [-0.05, 0) is 45.4 Å². The van der Waals surface area contributed by atoms with Crippen LogP contribution in [0.15, 0.2) is 0 Å². The number of hydrogen-bond acceptors (Lipinski definition) is 3.